The topological polar surface area (TPSA) is 109 Å². The molecule has 0 spiro atoms. The van der Waals surface area contributed by atoms with Crippen molar-refractivity contribution in [2.75, 3.05) is 35.6 Å². The second-order valence-electron chi connectivity index (χ2n) is 6.95. The predicted octanol–water partition coefficient (Wildman–Crippen LogP) is 1.33. The Morgan fingerprint density at radius 3 is 1.47 bits per heavy atom. The summed E-state index contributed by atoms with van der Waals surface area (Å²) in [6.07, 6.45) is 0. The first-order chi connectivity index (χ1) is 14.3. The number of hydrogen-bond acceptors (Lipinski definition) is 4. The van der Waals surface area contributed by atoms with Crippen LogP contribution in [0.15, 0.2) is 48.5 Å². The highest BCUT2D eigenvalue weighted by Crippen LogP contribution is 2.13. The highest BCUT2D eigenvalue weighted by atomic mass is 16.2. The van der Waals surface area contributed by atoms with Crippen molar-refractivity contribution in [1.82, 2.24) is 0 Å². The number of amides is 3. The van der Waals surface area contributed by atoms with Crippen LogP contribution >= 0.6 is 0 Å². The smallest absolute Gasteiger partial charge is 0.279 e. The van der Waals surface area contributed by atoms with Gasteiger partial charge in [0.05, 0.1) is 6.54 Å². The molecule has 0 radical (unpaired) electrons. The molecule has 2 aromatic rings. The van der Waals surface area contributed by atoms with Crippen molar-refractivity contribution in [3.05, 3.63) is 54.1 Å². The molecule has 0 fully saturated rings. The number of benzene rings is 2. The third-order valence-corrected chi connectivity index (χ3v) is 4.39. The monoisotopic (exact) mass is 411 g/mol. The van der Waals surface area contributed by atoms with E-state index in [1.54, 1.807) is 48.5 Å². The Labute approximate surface area is 175 Å². The van der Waals surface area contributed by atoms with E-state index < -0.39 is 0 Å². The van der Waals surface area contributed by atoms with Crippen LogP contribution in [-0.2, 0) is 14.4 Å². The summed E-state index contributed by atoms with van der Waals surface area (Å²) in [5, 5.41) is 8.23. The summed E-state index contributed by atoms with van der Waals surface area (Å²) >= 11 is 0. The standard InChI is InChI=1S/C22H26N4O4/c1-4-26(13-21(29)24-19-7-5-17(6-8-19)15(2)27)14-22(30)25-20-11-9-18(10-12-20)23-16(3)28/h5-12H,4,13-14H2,1-3H3,(H,23,28)(H,24,29)(H,25,30)/p+1. The van der Waals surface area contributed by atoms with Gasteiger partial charge in [-0.05, 0) is 62.4 Å². The number of quaternary nitrogens is 1. The van der Waals surface area contributed by atoms with Gasteiger partial charge in [-0.1, -0.05) is 0 Å². The van der Waals surface area contributed by atoms with E-state index in [2.05, 4.69) is 16.0 Å². The van der Waals surface area contributed by atoms with E-state index in [9.17, 15) is 19.2 Å². The van der Waals surface area contributed by atoms with Gasteiger partial charge in [-0.25, -0.2) is 0 Å². The van der Waals surface area contributed by atoms with E-state index in [1.165, 1.54) is 13.8 Å². The molecule has 0 saturated carbocycles. The SMILES string of the molecule is CC[NH+](CC(=O)Nc1ccc(NC(C)=O)cc1)CC(=O)Nc1ccc(C(C)=O)cc1. The number of ketones is 1. The van der Waals surface area contributed by atoms with Gasteiger partial charge in [0.25, 0.3) is 11.8 Å². The predicted molar refractivity (Wildman–Crippen MR) is 116 cm³/mol. The van der Waals surface area contributed by atoms with E-state index in [0.29, 0.717) is 29.2 Å². The lowest BCUT2D eigenvalue weighted by Crippen LogP contribution is -3.13. The van der Waals surface area contributed by atoms with Crippen LogP contribution in [0.2, 0.25) is 0 Å². The molecular weight excluding hydrogens is 384 g/mol. The van der Waals surface area contributed by atoms with Gasteiger partial charge in [-0.15, -0.1) is 0 Å². The molecule has 30 heavy (non-hydrogen) atoms. The number of hydrogen-bond donors (Lipinski definition) is 4. The largest absolute Gasteiger partial charge is 0.326 e. The summed E-state index contributed by atoms with van der Waals surface area (Å²) in [6.45, 7) is 5.69. The summed E-state index contributed by atoms with van der Waals surface area (Å²) in [6, 6.07) is 13.5. The fraction of sp³-hybridized carbons (Fsp3) is 0.273. The lowest BCUT2D eigenvalue weighted by Gasteiger charge is -2.17. The normalized spacial score (nSPS) is 11.3. The summed E-state index contributed by atoms with van der Waals surface area (Å²) < 4.78 is 0. The van der Waals surface area contributed by atoms with Gasteiger partial charge in [0, 0.05) is 29.5 Å². The molecule has 3 amide bonds. The zero-order valence-corrected chi connectivity index (χ0v) is 17.4. The minimum Gasteiger partial charge on any atom is -0.326 e. The fourth-order valence-electron chi connectivity index (χ4n) is 2.81. The molecule has 0 heterocycles. The van der Waals surface area contributed by atoms with Gasteiger partial charge in [0.15, 0.2) is 18.9 Å². The van der Waals surface area contributed by atoms with Crippen molar-refractivity contribution >= 4 is 40.6 Å². The number of Topliss-reactive ketones (excluding diaryl/α,β-unsaturated/α-hetero) is 1. The van der Waals surface area contributed by atoms with Crippen molar-refractivity contribution in [3.63, 3.8) is 0 Å². The third-order valence-electron chi connectivity index (χ3n) is 4.39. The Morgan fingerprint density at radius 1 is 0.700 bits per heavy atom. The first-order valence-corrected chi connectivity index (χ1v) is 9.68. The molecule has 1 atom stereocenters. The molecule has 0 aliphatic heterocycles. The maximum atomic E-state index is 12.3. The first kappa shape index (κ1) is 22.8. The first-order valence-electron chi connectivity index (χ1n) is 9.68. The molecule has 2 rings (SSSR count). The molecule has 2 aromatic carbocycles. The second kappa shape index (κ2) is 10.9. The summed E-state index contributed by atoms with van der Waals surface area (Å²) in [7, 11) is 0. The Bertz CT molecular complexity index is 908. The summed E-state index contributed by atoms with van der Waals surface area (Å²) in [4.78, 5) is 47.8. The van der Waals surface area contributed by atoms with Crippen LogP contribution in [0, 0.1) is 0 Å². The van der Waals surface area contributed by atoms with Crippen molar-refractivity contribution < 1.29 is 24.1 Å². The van der Waals surface area contributed by atoms with Gasteiger partial charge in [-0.2, -0.15) is 0 Å². The maximum absolute atomic E-state index is 12.3. The molecule has 1 unspecified atom stereocenters. The quantitative estimate of drug-likeness (QED) is 0.467. The van der Waals surface area contributed by atoms with Crippen LogP contribution in [-0.4, -0.2) is 43.1 Å². The highest BCUT2D eigenvalue weighted by Gasteiger charge is 2.17. The van der Waals surface area contributed by atoms with Gasteiger partial charge >= 0.3 is 0 Å². The van der Waals surface area contributed by atoms with Crippen LogP contribution < -0.4 is 20.9 Å². The lowest BCUT2D eigenvalue weighted by atomic mass is 10.1. The van der Waals surface area contributed by atoms with Gasteiger partial charge in [-0.3, -0.25) is 19.2 Å². The zero-order chi connectivity index (χ0) is 22.1. The Hall–Kier alpha value is -3.52. The molecule has 8 nitrogen and oxygen atoms in total. The Balaban J connectivity index is 1.85. The molecule has 8 heteroatoms. The number of carbonyl (C=O) groups is 4. The molecule has 0 saturated heterocycles. The highest BCUT2D eigenvalue weighted by molar-refractivity contribution is 5.96. The van der Waals surface area contributed by atoms with Gasteiger partial charge in [0.2, 0.25) is 5.91 Å². The molecular formula is C22H27N4O4+. The van der Waals surface area contributed by atoms with Crippen LogP contribution in [0.25, 0.3) is 0 Å². The molecule has 0 bridgehead atoms. The van der Waals surface area contributed by atoms with E-state index in [-0.39, 0.29) is 36.6 Å². The van der Waals surface area contributed by atoms with Crippen molar-refractivity contribution in [2.45, 2.75) is 20.8 Å². The average molecular weight is 411 g/mol. The molecule has 158 valence electrons. The molecule has 0 aromatic heterocycles. The number of anilines is 3. The molecule has 0 aliphatic rings. The maximum Gasteiger partial charge on any atom is 0.279 e. The van der Waals surface area contributed by atoms with Crippen LogP contribution in [0.4, 0.5) is 17.1 Å². The van der Waals surface area contributed by atoms with E-state index in [4.69, 9.17) is 0 Å². The van der Waals surface area contributed by atoms with Gasteiger partial charge < -0.3 is 20.9 Å². The zero-order valence-electron chi connectivity index (χ0n) is 17.4. The second-order valence-corrected chi connectivity index (χ2v) is 6.95. The number of likely N-dealkylation sites (N-methyl/N-ethyl adjacent to an activating group) is 1. The fourth-order valence-corrected chi connectivity index (χ4v) is 2.81. The summed E-state index contributed by atoms with van der Waals surface area (Å²) in [5.41, 5.74) is 2.44. The Kier molecular flexibility index (Phi) is 8.25. The van der Waals surface area contributed by atoms with Crippen LogP contribution in [0.5, 0.6) is 0 Å². The molecule has 4 N–H and O–H groups in total. The van der Waals surface area contributed by atoms with Crippen LogP contribution in [0.1, 0.15) is 31.1 Å². The van der Waals surface area contributed by atoms with E-state index >= 15 is 0 Å². The van der Waals surface area contributed by atoms with Crippen molar-refractivity contribution in [3.8, 4) is 0 Å². The minimum atomic E-state index is -0.213. The molecule has 0 aliphatic carbocycles. The third kappa shape index (κ3) is 7.48. The minimum absolute atomic E-state index is 0.0368. The van der Waals surface area contributed by atoms with Crippen molar-refractivity contribution in [1.29, 1.82) is 0 Å². The van der Waals surface area contributed by atoms with Crippen molar-refractivity contribution in [2.24, 2.45) is 0 Å². The number of rotatable bonds is 9. The average Bonchev–Trinajstić information content (AvgIpc) is 2.69. The van der Waals surface area contributed by atoms with E-state index in [0.717, 1.165) is 4.90 Å². The van der Waals surface area contributed by atoms with Gasteiger partial charge in [0.1, 0.15) is 0 Å². The van der Waals surface area contributed by atoms with E-state index in [1.807, 2.05) is 6.92 Å². The Morgan fingerprint density at radius 2 is 1.10 bits per heavy atom. The number of carbonyl (C=O) groups excluding carboxylic acids is 4. The number of nitrogens with one attached hydrogen (secondary N) is 4. The lowest BCUT2D eigenvalue weighted by molar-refractivity contribution is -0.881. The summed E-state index contributed by atoms with van der Waals surface area (Å²) in [5.74, 6) is -0.625. The van der Waals surface area contributed by atoms with Crippen LogP contribution in [0.3, 0.4) is 0 Å².